The normalized spacial score (nSPS) is 13.7. The summed E-state index contributed by atoms with van der Waals surface area (Å²) >= 11 is 4.91. The van der Waals surface area contributed by atoms with E-state index in [4.69, 9.17) is 11.6 Å². The molecule has 0 rings (SSSR count). The van der Waals surface area contributed by atoms with Crippen LogP contribution < -0.4 is 0 Å². The minimum Gasteiger partial charge on any atom is -0.251 e. The number of hydrogen-bond acceptors (Lipinski definition) is 0. The van der Waals surface area contributed by atoms with Crippen LogP contribution in [0.5, 0.6) is 0 Å². The van der Waals surface area contributed by atoms with Crippen LogP contribution in [0.4, 0.5) is 26.3 Å². The van der Waals surface area contributed by atoms with E-state index in [1.165, 1.54) is 0 Å². The molecule has 0 aliphatic heterocycles. The molecule has 0 bridgehead atoms. The quantitative estimate of drug-likeness (QED) is 0.467. The predicted octanol–water partition coefficient (Wildman–Crippen LogP) is 5.04. The standard InChI is InChI=1S/C9H11ClF6/c10-7(8(12)13)6(9(14,15)16)4-2-1-3-5-11/h6H,1-5H2. The third kappa shape index (κ3) is 5.63. The fraction of sp³-hybridized carbons (Fsp3) is 0.778. The first-order valence-corrected chi connectivity index (χ1v) is 5.01. The lowest BCUT2D eigenvalue weighted by Crippen LogP contribution is -2.23. The summed E-state index contributed by atoms with van der Waals surface area (Å²) in [5.41, 5.74) is 0. The number of rotatable bonds is 6. The molecule has 16 heavy (non-hydrogen) atoms. The maximum absolute atomic E-state index is 12.3. The second kappa shape index (κ2) is 7.04. The van der Waals surface area contributed by atoms with E-state index in [0.717, 1.165) is 0 Å². The molecule has 0 N–H and O–H groups in total. The van der Waals surface area contributed by atoms with Gasteiger partial charge in [0.15, 0.2) is 0 Å². The second-order valence-corrected chi connectivity index (χ2v) is 3.65. The summed E-state index contributed by atoms with van der Waals surface area (Å²) in [6.07, 6.45) is -7.49. The van der Waals surface area contributed by atoms with Crippen molar-refractivity contribution in [1.82, 2.24) is 0 Å². The van der Waals surface area contributed by atoms with Gasteiger partial charge in [-0.2, -0.15) is 22.0 Å². The van der Waals surface area contributed by atoms with E-state index in [2.05, 4.69) is 0 Å². The van der Waals surface area contributed by atoms with Crippen LogP contribution in [0, 0.1) is 5.92 Å². The number of hydrogen-bond donors (Lipinski definition) is 0. The molecule has 0 fully saturated rings. The molecule has 0 saturated carbocycles. The first kappa shape index (κ1) is 15.6. The van der Waals surface area contributed by atoms with Gasteiger partial charge in [-0.3, -0.25) is 4.39 Å². The SMILES string of the molecule is FCCCCCC(C(Cl)=C(F)F)C(F)(F)F. The molecule has 0 aromatic heterocycles. The Bertz CT molecular complexity index is 231. The second-order valence-electron chi connectivity index (χ2n) is 3.24. The molecule has 0 radical (unpaired) electrons. The average molecular weight is 269 g/mol. The molecule has 0 heterocycles. The number of halogens is 7. The molecule has 0 amide bonds. The van der Waals surface area contributed by atoms with Gasteiger partial charge >= 0.3 is 6.18 Å². The molecule has 0 saturated heterocycles. The summed E-state index contributed by atoms with van der Waals surface area (Å²) in [6.45, 7) is -0.627. The van der Waals surface area contributed by atoms with Crippen molar-refractivity contribution in [3.05, 3.63) is 11.1 Å². The Morgan fingerprint density at radius 3 is 2.00 bits per heavy atom. The largest absolute Gasteiger partial charge is 0.396 e. The van der Waals surface area contributed by atoms with Crippen molar-refractivity contribution >= 4 is 11.6 Å². The highest BCUT2D eigenvalue weighted by atomic mass is 35.5. The molecule has 1 unspecified atom stereocenters. The van der Waals surface area contributed by atoms with E-state index in [0.29, 0.717) is 0 Å². The first-order valence-electron chi connectivity index (χ1n) is 4.64. The van der Waals surface area contributed by atoms with Gasteiger partial charge in [-0.05, 0) is 12.8 Å². The van der Waals surface area contributed by atoms with E-state index in [9.17, 15) is 26.3 Å². The van der Waals surface area contributed by atoms with Crippen molar-refractivity contribution in [3.8, 4) is 0 Å². The Hall–Kier alpha value is -0.390. The molecule has 96 valence electrons. The van der Waals surface area contributed by atoms with Gasteiger partial charge < -0.3 is 0 Å². The van der Waals surface area contributed by atoms with Crippen LogP contribution in [-0.2, 0) is 0 Å². The summed E-state index contributed by atoms with van der Waals surface area (Å²) in [5.74, 6) is -2.35. The third-order valence-electron chi connectivity index (χ3n) is 2.01. The average Bonchev–Trinajstić information content (AvgIpc) is 2.14. The van der Waals surface area contributed by atoms with Crippen LogP contribution in [0.1, 0.15) is 25.7 Å². The van der Waals surface area contributed by atoms with Crippen molar-refractivity contribution in [1.29, 1.82) is 0 Å². The molecular weight excluding hydrogens is 258 g/mol. The third-order valence-corrected chi connectivity index (χ3v) is 2.41. The molecule has 0 aromatic carbocycles. The van der Waals surface area contributed by atoms with E-state index in [1.807, 2.05) is 0 Å². The van der Waals surface area contributed by atoms with Crippen LogP contribution in [0.25, 0.3) is 0 Å². The van der Waals surface area contributed by atoms with Gasteiger partial charge in [0.05, 0.1) is 17.6 Å². The molecular formula is C9H11ClF6. The lowest BCUT2D eigenvalue weighted by atomic mass is 10.0. The fourth-order valence-electron chi connectivity index (χ4n) is 1.19. The Kier molecular flexibility index (Phi) is 6.87. The maximum atomic E-state index is 12.3. The van der Waals surface area contributed by atoms with E-state index >= 15 is 0 Å². The zero-order valence-electron chi connectivity index (χ0n) is 8.26. The van der Waals surface area contributed by atoms with Crippen LogP contribution in [0.15, 0.2) is 11.1 Å². The van der Waals surface area contributed by atoms with Gasteiger partial charge in [0.1, 0.15) is 0 Å². The number of alkyl halides is 4. The molecule has 7 heteroatoms. The zero-order chi connectivity index (χ0) is 12.8. The smallest absolute Gasteiger partial charge is 0.251 e. The van der Waals surface area contributed by atoms with Gasteiger partial charge in [-0.1, -0.05) is 24.4 Å². The molecule has 0 nitrogen and oxygen atoms in total. The highest BCUT2D eigenvalue weighted by Gasteiger charge is 2.42. The van der Waals surface area contributed by atoms with Gasteiger partial charge in [0, 0.05) is 0 Å². The van der Waals surface area contributed by atoms with E-state index in [1.54, 1.807) is 0 Å². The maximum Gasteiger partial charge on any atom is 0.396 e. The highest BCUT2D eigenvalue weighted by molar-refractivity contribution is 6.30. The van der Waals surface area contributed by atoms with Crippen LogP contribution >= 0.6 is 11.6 Å². The minimum atomic E-state index is -4.80. The summed E-state index contributed by atoms with van der Waals surface area (Å²) < 4.78 is 72.5. The molecule has 0 aromatic rings. The van der Waals surface area contributed by atoms with Crippen molar-refractivity contribution in [2.45, 2.75) is 31.9 Å². The fourth-order valence-corrected chi connectivity index (χ4v) is 1.42. The van der Waals surface area contributed by atoms with Gasteiger partial charge in [0.25, 0.3) is 6.08 Å². The van der Waals surface area contributed by atoms with Gasteiger partial charge in [-0.25, -0.2) is 0 Å². The molecule has 1 atom stereocenters. The minimum absolute atomic E-state index is 0.0115. The lowest BCUT2D eigenvalue weighted by molar-refractivity contribution is -0.164. The van der Waals surface area contributed by atoms with Crippen molar-refractivity contribution in [3.63, 3.8) is 0 Å². The summed E-state index contributed by atoms with van der Waals surface area (Å²) in [5, 5.41) is -1.47. The van der Waals surface area contributed by atoms with E-state index in [-0.39, 0.29) is 19.3 Å². The number of allylic oxidation sites excluding steroid dienone is 1. The van der Waals surface area contributed by atoms with Crippen LogP contribution in [0.3, 0.4) is 0 Å². The monoisotopic (exact) mass is 268 g/mol. The zero-order valence-corrected chi connectivity index (χ0v) is 9.01. The molecule has 0 spiro atoms. The van der Waals surface area contributed by atoms with Crippen molar-refractivity contribution in [2.75, 3.05) is 6.67 Å². The summed E-state index contributed by atoms with van der Waals surface area (Å²) in [7, 11) is 0. The molecule has 0 aliphatic carbocycles. The summed E-state index contributed by atoms with van der Waals surface area (Å²) in [4.78, 5) is 0. The Morgan fingerprint density at radius 1 is 1.06 bits per heavy atom. The topological polar surface area (TPSA) is 0 Å². The summed E-state index contributed by atoms with van der Waals surface area (Å²) in [6, 6.07) is 0. The predicted molar refractivity (Wildman–Crippen MR) is 49.1 cm³/mol. The highest BCUT2D eigenvalue weighted by Crippen LogP contribution is 2.39. The van der Waals surface area contributed by atoms with Crippen LogP contribution in [-0.4, -0.2) is 12.9 Å². The first-order chi connectivity index (χ1) is 7.30. The van der Waals surface area contributed by atoms with Crippen molar-refractivity contribution < 1.29 is 26.3 Å². The lowest BCUT2D eigenvalue weighted by Gasteiger charge is -2.18. The Labute approximate surface area is 94.3 Å². The van der Waals surface area contributed by atoms with E-state index < -0.39 is 36.3 Å². The Morgan fingerprint density at radius 2 is 1.62 bits per heavy atom. The van der Waals surface area contributed by atoms with Gasteiger partial charge in [0.2, 0.25) is 0 Å². The molecule has 0 aliphatic rings. The van der Waals surface area contributed by atoms with Gasteiger partial charge in [-0.15, -0.1) is 0 Å². The Balaban J connectivity index is 4.42. The number of unbranched alkanes of at least 4 members (excludes halogenated alkanes) is 2. The van der Waals surface area contributed by atoms with Crippen LogP contribution in [0.2, 0.25) is 0 Å². The van der Waals surface area contributed by atoms with Crippen molar-refractivity contribution in [2.24, 2.45) is 5.92 Å².